The van der Waals surface area contributed by atoms with Crippen molar-refractivity contribution in [1.82, 2.24) is 10.1 Å². The molecule has 146 valence electrons. The maximum Gasteiger partial charge on any atom is 0.260 e. The van der Waals surface area contributed by atoms with Gasteiger partial charge in [-0.3, -0.25) is 4.79 Å². The fourth-order valence-electron chi connectivity index (χ4n) is 3.49. The van der Waals surface area contributed by atoms with Crippen molar-refractivity contribution in [2.24, 2.45) is 0 Å². The van der Waals surface area contributed by atoms with Gasteiger partial charge >= 0.3 is 0 Å². The van der Waals surface area contributed by atoms with E-state index in [-0.39, 0.29) is 18.6 Å². The highest BCUT2D eigenvalue weighted by molar-refractivity contribution is 5.84. The van der Waals surface area contributed by atoms with E-state index < -0.39 is 0 Å². The Hall–Kier alpha value is -2.86. The maximum absolute atomic E-state index is 12.5. The van der Waals surface area contributed by atoms with Gasteiger partial charge < -0.3 is 18.9 Å². The van der Waals surface area contributed by atoms with Gasteiger partial charge in [0.2, 0.25) is 0 Å². The van der Waals surface area contributed by atoms with Gasteiger partial charge in [0.15, 0.2) is 6.61 Å². The van der Waals surface area contributed by atoms with Crippen LogP contribution in [0, 0.1) is 13.8 Å². The van der Waals surface area contributed by atoms with Crippen molar-refractivity contribution in [2.75, 3.05) is 19.7 Å². The molecule has 4 rings (SSSR count). The molecule has 1 atom stereocenters. The van der Waals surface area contributed by atoms with Crippen molar-refractivity contribution in [1.29, 1.82) is 0 Å². The maximum atomic E-state index is 12.5. The number of nitrogens with zero attached hydrogens (tertiary/aromatic N) is 2. The van der Waals surface area contributed by atoms with E-state index in [1.54, 1.807) is 4.90 Å². The van der Waals surface area contributed by atoms with E-state index in [1.165, 1.54) is 0 Å². The molecule has 0 unspecified atom stereocenters. The average Bonchev–Trinajstić information content (AvgIpc) is 3.31. The molecule has 0 radical (unpaired) electrons. The number of amides is 1. The molecule has 28 heavy (non-hydrogen) atoms. The zero-order valence-electron chi connectivity index (χ0n) is 16.2. The molecular formula is C22H24N2O4. The summed E-state index contributed by atoms with van der Waals surface area (Å²) in [7, 11) is 0. The molecule has 1 aromatic heterocycles. The van der Waals surface area contributed by atoms with Crippen LogP contribution < -0.4 is 4.74 Å². The fraction of sp³-hybridized carbons (Fsp3) is 0.364. The largest absolute Gasteiger partial charge is 0.484 e. The van der Waals surface area contributed by atoms with Crippen LogP contribution in [0.1, 0.15) is 23.4 Å². The first-order valence-corrected chi connectivity index (χ1v) is 9.53. The molecule has 2 aromatic carbocycles. The van der Waals surface area contributed by atoms with E-state index >= 15 is 0 Å². The van der Waals surface area contributed by atoms with Crippen LogP contribution in [0.2, 0.25) is 0 Å². The lowest BCUT2D eigenvalue weighted by molar-refractivity contribution is -0.132. The number of hydrogen-bond donors (Lipinski definition) is 0. The number of ether oxygens (including phenoxy) is 2. The summed E-state index contributed by atoms with van der Waals surface area (Å²) in [6, 6.07) is 13.9. The number of aromatic nitrogens is 1. The molecule has 3 aromatic rings. The van der Waals surface area contributed by atoms with Crippen molar-refractivity contribution in [3.63, 3.8) is 0 Å². The first-order valence-electron chi connectivity index (χ1n) is 9.53. The van der Waals surface area contributed by atoms with Crippen LogP contribution in [0.4, 0.5) is 0 Å². The summed E-state index contributed by atoms with van der Waals surface area (Å²) >= 11 is 0. The standard InChI is InChI=1S/C22H24N2O4/c1-15-21(16(2)28-23-15)13-26-20-9-10-24(12-20)22(25)14-27-19-8-7-17-5-3-4-6-18(17)11-19/h3-8,11,20H,9-10,12-14H2,1-2H3/t20-/m1/s1. The Morgan fingerprint density at radius 1 is 1.21 bits per heavy atom. The van der Waals surface area contributed by atoms with Gasteiger partial charge in [0.1, 0.15) is 11.5 Å². The number of carbonyl (C=O) groups is 1. The molecular weight excluding hydrogens is 356 g/mol. The molecule has 1 fully saturated rings. The van der Waals surface area contributed by atoms with Crippen LogP contribution in [-0.4, -0.2) is 41.8 Å². The van der Waals surface area contributed by atoms with Crippen LogP contribution in [0.5, 0.6) is 5.75 Å². The third-order valence-electron chi connectivity index (χ3n) is 5.23. The Morgan fingerprint density at radius 3 is 2.82 bits per heavy atom. The van der Waals surface area contributed by atoms with E-state index in [2.05, 4.69) is 11.2 Å². The zero-order valence-corrected chi connectivity index (χ0v) is 16.2. The van der Waals surface area contributed by atoms with Crippen molar-refractivity contribution >= 4 is 16.7 Å². The summed E-state index contributed by atoms with van der Waals surface area (Å²) in [6.45, 7) is 5.56. The number of likely N-dealkylation sites (tertiary alicyclic amines) is 1. The summed E-state index contributed by atoms with van der Waals surface area (Å²) in [5.74, 6) is 1.47. The van der Waals surface area contributed by atoms with Crippen LogP contribution >= 0.6 is 0 Å². The van der Waals surface area contributed by atoms with E-state index in [9.17, 15) is 4.79 Å². The topological polar surface area (TPSA) is 64.8 Å². The normalized spacial score (nSPS) is 16.6. The summed E-state index contributed by atoms with van der Waals surface area (Å²) in [5.41, 5.74) is 1.84. The monoisotopic (exact) mass is 380 g/mol. The molecule has 1 saturated heterocycles. The molecule has 0 saturated carbocycles. The first kappa shape index (κ1) is 18.5. The minimum atomic E-state index is -0.0170. The predicted octanol–water partition coefficient (Wildman–Crippen LogP) is 3.64. The van der Waals surface area contributed by atoms with Gasteiger partial charge in [-0.1, -0.05) is 35.5 Å². The van der Waals surface area contributed by atoms with Gasteiger partial charge in [0.25, 0.3) is 5.91 Å². The second kappa shape index (κ2) is 8.02. The van der Waals surface area contributed by atoms with Crippen LogP contribution in [0.15, 0.2) is 47.0 Å². The van der Waals surface area contributed by atoms with Crippen LogP contribution in [-0.2, 0) is 16.1 Å². The van der Waals surface area contributed by atoms with E-state index in [4.69, 9.17) is 14.0 Å². The predicted molar refractivity (Wildman–Crippen MR) is 105 cm³/mol. The van der Waals surface area contributed by atoms with Gasteiger partial charge in [-0.2, -0.15) is 0 Å². The van der Waals surface area contributed by atoms with E-state index in [1.807, 2.05) is 50.2 Å². The van der Waals surface area contributed by atoms with Gasteiger partial charge in [0.05, 0.1) is 18.4 Å². The molecule has 6 heteroatoms. The van der Waals surface area contributed by atoms with E-state index in [0.717, 1.165) is 34.2 Å². The minimum absolute atomic E-state index is 0.0170. The number of fused-ring (bicyclic) bond motifs is 1. The lowest BCUT2D eigenvalue weighted by Gasteiger charge is -2.17. The molecule has 6 nitrogen and oxygen atoms in total. The van der Waals surface area contributed by atoms with Crippen molar-refractivity contribution in [3.8, 4) is 5.75 Å². The molecule has 1 aliphatic heterocycles. The highest BCUT2D eigenvalue weighted by Crippen LogP contribution is 2.21. The Balaban J connectivity index is 1.27. The fourth-order valence-corrected chi connectivity index (χ4v) is 3.49. The van der Waals surface area contributed by atoms with Crippen molar-refractivity contribution in [3.05, 3.63) is 59.5 Å². The van der Waals surface area contributed by atoms with Gasteiger partial charge in [-0.05, 0) is 43.2 Å². The molecule has 0 bridgehead atoms. The highest BCUT2D eigenvalue weighted by Gasteiger charge is 2.27. The first-order chi connectivity index (χ1) is 13.6. The minimum Gasteiger partial charge on any atom is -0.484 e. The van der Waals surface area contributed by atoms with Gasteiger partial charge in [-0.15, -0.1) is 0 Å². The van der Waals surface area contributed by atoms with E-state index in [0.29, 0.717) is 25.4 Å². The summed E-state index contributed by atoms with van der Waals surface area (Å²) in [5, 5.41) is 6.19. The van der Waals surface area contributed by atoms with Crippen molar-refractivity contribution in [2.45, 2.75) is 33.0 Å². The smallest absolute Gasteiger partial charge is 0.260 e. The Labute approximate surface area is 164 Å². The Kier molecular flexibility index (Phi) is 5.30. The second-order valence-electron chi connectivity index (χ2n) is 7.16. The lowest BCUT2D eigenvalue weighted by atomic mass is 10.1. The summed E-state index contributed by atoms with van der Waals surface area (Å²) < 4.78 is 16.8. The zero-order chi connectivity index (χ0) is 19.5. The molecule has 0 N–H and O–H groups in total. The van der Waals surface area contributed by atoms with Gasteiger partial charge in [0, 0.05) is 18.7 Å². The lowest BCUT2D eigenvalue weighted by Crippen LogP contribution is -2.34. The number of aryl methyl sites for hydroxylation is 2. The SMILES string of the molecule is Cc1noc(C)c1CO[C@@H]1CCN(C(=O)COc2ccc3ccccc3c2)C1. The number of carbonyl (C=O) groups excluding carboxylic acids is 1. The van der Waals surface area contributed by atoms with Crippen LogP contribution in [0.25, 0.3) is 10.8 Å². The molecule has 0 aliphatic carbocycles. The Morgan fingerprint density at radius 2 is 2.04 bits per heavy atom. The average molecular weight is 380 g/mol. The number of hydrogen-bond acceptors (Lipinski definition) is 5. The van der Waals surface area contributed by atoms with Crippen molar-refractivity contribution < 1.29 is 18.8 Å². The third kappa shape index (κ3) is 4.02. The van der Waals surface area contributed by atoms with Crippen LogP contribution in [0.3, 0.4) is 0 Å². The summed E-state index contributed by atoms with van der Waals surface area (Å²) in [6.07, 6.45) is 0.851. The quantitative estimate of drug-likeness (QED) is 0.653. The summed E-state index contributed by atoms with van der Waals surface area (Å²) in [4.78, 5) is 14.3. The molecule has 0 spiro atoms. The molecule has 1 aliphatic rings. The molecule has 2 heterocycles. The second-order valence-corrected chi connectivity index (χ2v) is 7.16. The third-order valence-corrected chi connectivity index (χ3v) is 5.23. The Bertz CT molecular complexity index is 962. The number of rotatable bonds is 6. The number of benzene rings is 2. The highest BCUT2D eigenvalue weighted by atomic mass is 16.5. The molecule has 1 amide bonds. The van der Waals surface area contributed by atoms with Gasteiger partial charge in [-0.25, -0.2) is 0 Å².